The monoisotopic (exact) mass is 307 g/mol. The van der Waals surface area contributed by atoms with E-state index in [0.29, 0.717) is 11.4 Å². The fourth-order valence-electron chi connectivity index (χ4n) is 2.77. The Balaban J connectivity index is 1.89. The maximum atomic E-state index is 9.31. The predicted molar refractivity (Wildman–Crippen MR) is 91.2 cm³/mol. The van der Waals surface area contributed by atoms with E-state index in [-0.39, 0.29) is 0 Å². The largest absolute Gasteiger partial charge is 0.363 e. The molecule has 0 unspecified atom stereocenters. The Labute approximate surface area is 136 Å². The lowest BCUT2D eigenvalue weighted by Gasteiger charge is -2.15. The molecule has 0 atom stereocenters. The van der Waals surface area contributed by atoms with E-state index in [2.05, 4.69) is 21.1 Å². The van der Waals surface area contributed by atoms with Gasteiger partial charge in [-0.25, -0.2) is 9.67 Å². The number of nitrogens with zero attached hydrogens (tertiary/aromatic N) is 5. The second-order valence-electron chi connectivity index (χ2n) is 5.94. The number of hydrogen-bond acceptors (Lipinski definition) is 3. The normalized spacial score (nSPS) is 15.6. The van der Waals surface area contributed by atoms with Gasteiger partial charge in [0.15, 0.2) is 5.82 Å². The lowest BCUT2D eigenvalue weighted by Crippen LogP contribution is -2.22. The third kappa shape index (κ3) is 3.59. The molecule has 3 rings (SSSR count). The molecule has 2 heterocycles. The van der Waals surface area contributed by atoms with Crippen molar-refractivity contribution < 1.29 is 0 Å². The highest BCUT2D eigenvalue weighted by molar-refractivity contribution is 5.64. The molecule has 0 bridgehead atoms. The number of nitriles is 1. The SMILES string of the molecule is Cc1ccc(-n2ncc(C#N)c2N=CN2CCCCCC2)cc1. The van der Waals surface area contributed by atoms with Gasteiger partial charge in [-0.1, -0.05) is 30.5 Å². The van der Waals surface area contributed by atoms with E-state index in [1.807, 2.05) is 37.5 Å². The molecule has 1 aliphatic rings. The van der Waals surface area contributed by atoms with Gasteiger partial charge in [0.2, 0.25) is 0 Å². The van der Waals surface area contributed by atoms with E-state index >= 15 is 0 Å². The molecule has 5 nitrogen and oxygen atoms in total. The lowest BCUT2D eigenvalue weighted by atomic mass is 10.2. The number of likely N-dealkylation sites (tertiary alicyclic amines) is 1. The van der Waals surface area contributed by atoms with Crippen LogP contribution in [0.1, 0.15) is 36.8 Å². The van der Waals surface area contributed by atoms with Crippen LogP contribution in [0, 0.1) is 18.3 Å². The lowest BCUT2D eigenvalue weighted by molar-refractivity contribution is 0.447. The molecule has 118 valence electrons. The summed E-state index contributed by atoms with van der Waals surface area (Å²) in [6.45, 7) is 4.11. The molecular weight excluding hydrogens is 286 g/mol. The first kappa shape index (κ1) is 15.3. The van der Waals surface area contributed by atoms with E-state index in [0.717, 1.165) is 18.8 Å². The van der Waals surface area contributed by atoms with E-state index in [9.17, 15) is 5.26 Å². The smallest absolute Gasteiger partial charge is 0.175 e. The van der Waals surface area contributed by atoms with Gasteiger partial charge in [0.1, 0.15) is 11.6 Å². The van der Waals surface area contributed by atoms with Gasteiger partial charge >= 0.3 is 0 Å². The van der Waals surface area contributed by atoms with Crippen molar-refractivity contribution in [1.82, 2.24) is 14.7 Å². The fourth-order valence-corrected chi connectivity index (χ4v) is 2.77. The molecule has 5 heteroatoms. The van der Waals surface area contributed by atoms with Crippen molar-refractivity contribution in [3.05, 3.63) is 41.6 Å². The Morgan fingerprint density at radius 1 is 1.13 bits per heavy atom. The fraction of sp³-hybridized carbons (Fsp3) is 0.389. The maximum Gasteiger partial charge on any atom is 0.175 e. The van der Waals surface area contributed by atoms with Crippen LogP contribution in [0.2, 0.25) is 0 Å². The first-order valence-corrected chi connectivity index (χ1v) is 8.11. The summed E-state index contributed by atoms with van der Waals surface area (Å²) < 4.78 is 1.73. The molecule has 0 aliphatic carbocycles. The average Bonchev–Trinajstić information content (AvgIpc) is 2.80. The van der Waals surface area contributed by atoms with Gasteiger partial charge in [-0.3, -0.25) is 0 Å². The van der Waals surface area contributed by atoms with Crippen molar-refractivity contribution in [2.75, 3.05) is 13.1 Å². The van der Waals surface area contributed by atoms with Crippen molar-refractivity contribution in [2.45, 2.75) is 32.6 Å². The first-order valence-electron chi connectivity index (χ1n) is 8.11. The molecule has 1 fully saturated rings. The van der Waals surface area contributed by atoms with Crippen LogP contribution in [0.15, 0.2) is 35.5 Å². The zero-order chi connectivity index (χ0) is 16.1. The topological polar surface area (TPSA) is 57.2 Å². The van der Waals surface area contributed by atoms with Crippen molar-refractivity contribution in [3.63, 3.8) is 0 Å². The molecular formula is C18H21N5. The van der Waals surface area contributed by atoms with E-state index in [1.165, 1.54) is 31.2 Å². The Morgan fingerprint density at radius 2 is 1.83 bits per heavy atom. The summed E-state index contributed by atoms with van der Waals surface area (Å²) in [5, 5.41) is 13.6. The van der Waals surface area contributed by atoms with Gasteiger partial charge < -0.3 is 4.90 Å². The number of benzene rings is 1. The van der Waals surface area contributed by atoms with Crippen molar-refractivity contribution >= 4 is 12.2 Å². The summed E-state index contributed by atoms with van der Waals surface area (Å²) in [5.74, 6) is 0.598. The van der Waals surface area contributed by atoms with Crippen LogP contribution < -0.4 is 0 Å². The van der Waals surface area contributed by atoms with Crippen molar-refractivity contribution in [3.8, 4) is 11.8 Å². The molecule has 0 amide bonds. The van der Waals surface area contributed by atoms with Crippen LogP contribution in [0.4, 0.5) is 5.82 Å². The minimum absolute atomic E-state index is 0.497. The summed E-state index contributed by atoms with van der Waals surface area (Å²) in [6, 6.07) is 10.2. The van der Waals surface area contributed by atoms with E-state index in [4.69, 9.17) is 0 Å². The number of hydrogen-bond donors (Lipinski definition) is 0. The Morgan fingerprint density at radius 3 is 2.48 bits per heavy atom. The third-order valence-electron chi connectivity index (χ3n) is 4.13. The first-order chi connectivity index (χ1) is 11.3. The molecule has 0 saturated carbocycles. The van der Waals surface area contributed by atoms with Crippen LogP contribution in [-0.4, -0.2) is 34.1 Å². The minimum Gasteiger partial charge on any atom is -0.363 e. The highest BCUT2D eigenvalue weighted by Gasteiger charge is 2.12. The molecule has 23 heavy (non-hydrogen) atoms. The second kappa shape index (κ2) is 7.10. The summed E-state index contributed by atoms with van der Waals surface area (Å²) in [5.41, 5.74) is 2.60. The summed E-state index contributed by atoms with van der Waals surface area (Å²) in [7, 11) is 0. The van der Waals surface area contributed by atoms with Gasteiger partial charge in [-0.15, -0.1) is 0 Å². The number of aromatic nitrogens is 2. The van der Waals surface area contributed by atoms with Gasteiger partial charge in [-0.2, -0.15) is 10.4 Å². The summed E-state index contributed by atoms with van der Waals surface area (Å²) in [4.78, 5) is 6.82. The number of aryl methyl sites for hydroxylation is 1. The summed E-state index contributed by atoms with van der Waals surface area (Å²) >= 11 is 0. The third-order valence-corrected chi connectivity index (χ3v) is 4.13. The maximum absolute atomic E-state index is 9.31. The summed E-state index contributed by atoms with van der Waals surface area (Å²) in [6.07, 6.45) is 8.43. The predicted octanol–water partition coefficient (Wildman–Crippen LogP) is 3.59. The van der Waals surface area contributed by atoms with Crippen LogP contribution in [0.5, 0.6) is 0 Å². The van der Waals surface area contributed by atoms with Crippen LogP contribution in [0.3, 0.4) is 0 Å². The van der Waals surface area contributed by atoms with Crippen LogP contribution in [-0.2, 0) is 0 Å². The average molecular weight is 307 g/mol. The number of rotatable bonds is 3. The van der Waals surface area contributed by atoms with Gasteiger partial charge in [0, 0.05) is 13.1 Å². The quantitative estimate of drug-likeness (QED) is 0.643. The van der Waals surface area contributed by atoms with Gasteiger partial charge in [-0.05, 0) is 31.9 Å². The molecule has 0 radical (unpaired) electrons. The molecule has 1 aromatic heterocycles. The molecule has 1 aliphatic heterocycles. The van der Waals surface area contributed by atoms with E-state index in [1.54, 1.807) is 10.9 Å². The Kier molecular flexibility index (Phi) is 4.72. The van der Waals surface area contributed by atoms with Gasteiger partial charge in [0.05, 0.1) is 18.2 Å². The Bertz CT molecular complexity index is 713. The number of aliphatic imine (C=N–C) groups is 1. The molecule has 0 N–H and O–H groups in total. The molecule has 2 aromatic rings. The van der Waals surface area contributed by atoms with Crippen molar-refractivity contribution in [2.24, 2.45) is 4.99 Å². The zero-order valence-electron chi connectivity index (χ0n) is 13.4. The second-order valence-corrected chi connectivity index (χ2v) is 5.94. The highest BCUT2D eigenvalue weighted by Crippen LogP contribution is 2.23. The highest BCUT2D eigenvalue weighted by atomic mass is 15.3. The molecule has 1 saturated heterocycles. The Hall–Kier alpha value is -2.61. The molecule has 1 aromatic carbocycles. The van der Waals surface area contributed by atoms with Crippen molar-refractivity contribution in [1.29, 1.82) is 5.26 Å². The van der Waals surface area contributed by atoms with E-state index < -0.39 is 0 Å². The van der Waals surface area contributed by atoms with Crippen LogP contribution >= 0.6 is 0 Å². The standard InChI is InChI=1S/C18H21N5/c1-15-6-8-17(9-7-15)23-18(16(12-19)13-21-23)20-14-22-10-4-2-3-5-11-22/h6-9,13-14H,2-5,10-11H2,1H3. The molecule has 0 spiro atoms. The van der Waals surface area contributed by atoms with Crippen LogP contribution in [0.25, 0.3) is 5.69 Å². The minimum atomic E-state index is 0.497. The zero-order valence-corrected chi connectivity index (χ0v) is 13.4. The van der Waals surface area contributed by atoms with Gasteiger partial charge in [0.25, 0.3) is 0 Å².